The first-order valence-corrected chi connectivity index (χ1v) is 5.39. The second-order valence-electron chi connectivity index (χ2n) is 4.09. The van der Waals surface area contributed by atoms with E-state index in [2.05, 4.69) is 9.88 Å². The van der Waals surface area contributed by atoms with E-state index in [4.69, 9.17) is 9.84 Å². The van der Waals surface area contributed by atoms with Crippen LogP contribution in [0.4, 0.5) is 0 Å². The van der Waals surface area contributed by atoms with Gasteiger partial charge in [0.2, 0.25) is 0 Å². The van der Waals surface area contributed by atoms with Gasteiger partial charge in [-0.2, -0.15) is 0 Å². The number of hydrogen-bond acceptors (Lipinski definition) is 4. The minimum absolute atomic E-state index is 0.133. The van der Waals surface area contributed by atoms with Gasteiger partial charge in [-0.1, -0.05) is 0 Å². The van der Waals surface area contributed by atoms with Crippen molar-refractivity contribution in [1.82, 2.24) is 9.88 Å². The van der Waals surface area contributed by atoms with Gasteiger partial charge in [0.05, 0.1) is 19.4 Å². The highest BCUT2D eigenvalue weighted by molar-refractivity contribution is 5.26. The van der Waals surface area contributed by atoms with E-state index < -0.39 is 0 Å². The lowest BCUT2D eigenvalue weighted by Crippen LogP contribution is -2.31. The van der Waals surface area contributed by atoms with Gasteiger partial charge in [0.1, 0.15) is 5.75 Å². The van der Waals surface area contributed by atoms with Gasteiger partial charge in [-0.15, -0.1) is 0 Å². The van der Waals surface area contributed by atoms with E-state index in [1.165, 1.54) is 0 Å². The number of aliphatic hydroxyl groups is 1. The van der Waals surface area contributed by atoms with Crippen LogP contribution in [0.5, 0.6) is 5.75 Å². The van der Waals surface area contributed by atoms with Gasteiger partial charge >= 0.3 is 0 Å². The van der Waals surface area contributed by atoms with Crippen LogP contribution in [0.1, 0.15) is 18.3 Å². The molecule has 1 heterocycles. The Bertz CT molecular complexity index is 342. The Morgan fingerprint density at radius 2 is 2.19 bits per heavy atom. The van der Waals surface area contributed by atoms with Crippen LogP contribution in [-0.4, -0.2) is 41.8 Å². The minimum atomic E-state index is 0.133. The summed E-state index contributed by atoms with van der Waals surface area (Å²) in [5, 5.41) is 9.05. The van der Waals surface area contributed by atoms with Crippen LogP contribution in [0.15, 0.2) is 12.1 Å². The lowest BCUT2D eigenvalue weighted by Gasteiger charge is -2.22. The molecule has 90 valence electrons. The summed E-state index contributed by atoms with van der Waals surface area (Å²) in [5.74, 6) is 0.826. The van der Waals surface area contributed by atoms with Crippen LogP contribution in [0.25, 0.3) is 0 Å². The highest BCUT2D eigenvalue weighted by atomic mass is 16.5. The number of aliphatic hydroxyl groups excluding tert-OH is 1. The molecule has 1 rings (SSSR count). The molecule has 0 aliphatic heterocycles. The Morgan fingerprint density at radius 3 is 2.75 bits per heavy atom. The topological polar surface area (TPSA) is 45.6 Å². The Labute approximate surface area is 96.9 Å². The minimum Gasteiger partial charge on any atom is -0.497 e. The fourth-order valence-corrected chi connectivity index (χ4v) is 1.45. The number of rotatable bonds is 5. The number of ether oxygens (including phenoxy) is 1. The Morgan fingerprint density at radius 1 is 1.50 bits per heavy atom. The molecule has 16 heavy (non-hydrogen) atoms. The summed E-state index contributed by atoms with van der Waals surface area (Å²) in [7, 11) is 3.62. The maximum Gasteiger partial charge on any atom is 0.122 e. The Kier molecular flexibility index (Phi) is 4.71. The smallest absolute Gasteiger partial charge is 0.122 e. The quantitative estimate of drug-likeness (QED) is 0.816. The van der Waals surface area contributed by atoms with Crippen molar-refractivity contribution >= 4 is 0 Å². The van der Waals surface area contributed by atoms with E-state index in [1.54, 1.807) is 7.11 Å². The van der Waals surface area contributed by atoms with Crippen LogP contribution in [0.2, 0.25) is 0 Å². The number of pyridine rings is 1. The number of hydrogen-bond donors (Lipinski definition) is 1. The second-order valence-corrected chi connectivity index (χ2v) is 4.09. The van der Waals surface area contributed by atoms with Crippen molar-refractivity contribution in [2.75, 3.05) is 20.8 Å². The predicted molar refractivity (Wildman–Crippen MR) is 63.5 cm³/mol. The zero-order valence-electron chi connectivity index (χ0n) is 10.4. The standard InChI is InChI=1S/C12H20N2O2/c1-9-5-12(16-4)6-11(13-9)7-14(3)10(2)8-15/h5-6,10,15H,7-8H2,1-4H3. The van der Waals surface area contributed by atoms with E-state index >= 15 is 0 Å². The molecule has 1 aromatic rings. The number of likely N-dealkylation sites (N-methyl/N-ethyl adjacent to an activating group) is 1. The molecule has 0 spiro atoms. The predicted octanol–water partition coefficient (Wildman–Crippen LogP) is 1.21. The monoisotopic (exact) mass is 224 g/mol. The normalized spacial score (nSPS) is 12.9. The summed E-state index contributed by atoms with van der Waals surface area (Å²) in [6.45, 7) is 4.79. The van der Waals surface area contributed by atoms with Crippen molar-refractivity contribution in [1.29, 1.82) is 0 Å². The molecular formula is C12H20N2O2. The Hall–Kier alpha value is -1.13. The number of aryl methyl sites for hydroxylation is 1. The van der Waals surface area contributed by atoms with Gasteiger partial charge in [0.25, 0.3) is 0 Å². The molecule has 1 aromatic heterocycles. The highest BCUT2D eigenvalue weighted by Crippen LogP contribution is 2.14. The molecule has 0 amide bonds. The summed E-state index contributed by atoms with van der Waals surface area (Å²) in [5.41, 5.74) is 1.90. The fourth-order valence-electron chi connectivity index (χ4n) is 1.45. The molecule has 0 aliphatic rings. The van der Waals surface area contributed by atoms with Crippen molar-refractivity contribution in [2.24, 2.45) is 0 Å². The lowest BCUT2D eigenvalue weighted by molar-refractivity contribution is 0.152. The second kappa shape index (κ2) is 5.82. The maximum absolute atomic E-state index is 9.05. The van der Waals surface area contributed by atoms with Crippen molar-refractivity contribution in [3.05, 3.63) is 23.5 Å². The molecular weight excluding hydrogens is 204 g/mol. The lowest BCUT2D eigenvalue weighted by atomic mass is 10.2. The first-order valence-electron chi connectivity index (χ1n) is 5.39. The fraction of sp³-hybridized carbons (Fsp3) is 0.583. The molecule has 1 N–H and O–H groups in total. The van der Waals surface area contributed by atoms with Crippen LogP contribution in [0.3, 0.4) is 0 Å². The molecule has 0 aromatic carbocycles. The zero-order valence-corrected chi connectivity index (χ0v) is 10.4. The molecule has 0 bridgehead atoms. The molecule has 1 atom stereocenters. The van der Waals surface area contributed by atoms with E-state index in [1.807, 2.05) is 33.0 Å². The van der Waals surface area contributed by atoms with Gasteiger partial charge in [0, 0.05) is 30.4 Å². The van der Waals surface area contributed by atoms with Crippen molar-refractivity contribution in [3.63, 3.8) is 0 Å². The molecule has 0 saturated heterocycles. The molecule has 4 nitrogen and oxygen atoms in total. The van der Waals surface area contributed by atoms with Gasteiger partial charge in [-0.3, -0.25) is 9.88 Å². The van der Waals surface area contributed by atoms with E-state index in [0.29, 0.717) is 6.54 Å². The van der Waals surface area contributed by atoms with Crippen molar-refractivity contribution < 1.29 is 9.84 Å². The van der Waals surface area contributed by atoms with Crippen molar-refractivity contribution in [2.45, 2.75) is 26.4 Å². The van der Waals surface area contributed by atoms with E-state index in [9.17, 15) is 0 Å². The average molecular weight is 224 g/mol. The third-order valence-corrected chi connectivity index (χ3v) is 2.64. The molecule has 0 saturated carbocycles. The molecule has 1 unspecified atom stereocenters. The van der Waals surface area contributed by atoms with Gasteiger partial charge in [-0.25, -0.2) is 0 Å². The molecule has 4 heteroatoms. The van der Waals surface area contributed by atoms with Crippen molar-refractivity contribution in [3.8, 4) is 5.75 Å². The SMILES string of the molecule is COc1cc(C)nc(CN(C)C(C)CO)c1. The summed E-state index contributed by atoms with van der Waals surface area (Å²) < 4.78 is 5.20. The van der Waals surface area contributed by atoms with Crippen LogP contribution in [0, 0.1) is 6.92 Å². The number of methoxy groups -OCH3 is 1. The first-order chi connectivity index (χ1) is 7.56. The third kappa shape index (κ3) is 3.47. The maximum atomic E-state index is 9.05. The van der Waals surface area contributed by atoms with Crippen LogP contribution in [-0.2, 0) is 6.54 Å². The van der Waals surface area contributed by atoms with Gasteiger partial charge < -0.3 is 9.84 Å². The van der Waals surface area contributed by atoms with Crippen LogP contribution >= 0.6 is 0 Å². The number of nitrogens with zero attached hydrogens (tertiary/aromatic N) is 2. The highest BCUT2D eigenvalue weighted by Gasteiger charge is 2.10. The molecule has 0 aliphatic carbocycles. The molecule has 0 radical (unpaired) electrons. The summed E-state index contributed by atoms with van der Waals surface area (Å²) in [6.07, 6.45) is 0. The first kappa shape index (κ1) is 12.9. The zero-order chi connectivity index (χ0) is 12.1. The number of aromatic nitrogens is 1. The van der Waals surface area contributed by atoms with Gasteiger partial charge in [-0.05, 0) is 20.9 Å². The summed E-state index contributed by atoms with van der Waals surface area (Å²) >= 11 is 0. The van der Waals surface area contributed by atoms with E-state index in [0.717, 1.165) is 17.1 Å². The summed E-state index contributed by atoms with van der Waals surface area (Å²) in [6, 6.07) is 3.96. The average Bonchev–Trinajstić information content (AvgIpc) is 2.26. The molecule has 0 fully saturated rings. The Balaban J connectivity index is 2.76. The van der Waals surface area contributed by atoms with Gasteiger partial charge in [0.15, 0.2) is 0 Å². The van der Waals surface area contributed by atoms with E-state index in [-0.39, 0.29) is 12.6 Å². The largest absolute Gasteiger partial charge is 0.497 e. The third-order valence-electron chi connectivity index (χ3n) is 2.64. The van der Waals surface area contributed by atoms with Crippen LogP contribution < -0.4 is 4.74 Å². The summed E-state index contributed by atoms with van der Waals surface area (Å²) in [4.78, 5) is 6.49.